The van der Waals surface area contributed by atoms with Crippen molar-refractivity contribution in [2.75, 3.05) is 45.6 Å². The van der Waals surface area contributed by atoms with Crippen LogP contribution in [0.4, 0.5) is 0 Å². The molecule has 2 aromatic carbocycles. The molecule has 0 N–H and O–H groups in total. The second kappa shape index (κ2) is 11.5. The van der Waals surface area contributed by atoms with Crippen molar-refractivity contribution in [2.45, 2.75) is 32.0 Å². The minimum atomic E-state index is 0.169. The van der Waals surface area contributed by atoms with Gasteiger partial charge in [0.25, 0.3) is 0 Å². The second-order valence-electron chi connectivity index (χ2n) is 8.53. The molecule has 1 aliphatic rings. The number of carbonyl (C=O) groups excluding carboxylic acids is 1. The molecule has 1 saturated heterocycles. The zero-order valence-corrected chi connectivity index (χ0v) is 21.1. The summed E-state index contributed by atoms with van der Waals surface area (Å²) in [6.45, 7) is 9.30. The van der Waals surface area contributed by atoms with Crippen molar-refractivity contribution in [3.8, 4) is 17.1 Å². The lowest BCUT2D eigenvalue weighted by Crippen LogP contribution is -2.49. The van der Waals surface area contributed by atoms with Crippen molar-refractivity contribution < 1.29 is 9.53 Å². The van der Waals surface area contributed by atoms with E-state index in [1.807, 2.05) is 23.1 Å². The normalized spacial score (nSPS) is 14.4. The summed E-state index contributed by atoms with van der Waals surface area (Å²) in [5.41, 5.74) is 3.55. The molecule has 4 rings (SSSR count). The zero-order valence-electron chi connectivity index (χ0n) is 20.2. The first kappa shape index (κ1) is 24.3. The van der Waals surface area contributed by atoms with Crippen molar-refractivity contribution >= 4 is 17.7 Å². The lowest BCUT2D eigenvalue weighted by Gasteiger charge is -2.34. The molecule has 0 unspecified atom stereocenters. The average Bonchev–Trinajstić information content (AvgIpc) is 3.29. The number of carbonyl (C=O) groups is 1. The molecule has 7 nitrogen and oxygen atoms in total. The van der Waals surface area contributed by atoms with Gasteiger partial charge in [0.1, 0.15) is 5.75 Å². The number of aryl methyl sites for hydroxylation is 1. The Morgan fingerprint density at radius 3 is 2.50 bits per heavy atom. The number of hydrogen-bond acceptors (Lipinski definition) is 6. The molecule has 34 heavy (non-hydrogen) atoms. The van der Waals surface area contributed by atoms with Crippen LogP contribution >= 0.6 is 11.8 Å². The fraction of sp³-hybridized carbons (Fsp3) is 0.423. The molecule has 2 heterocycles. The number of piperazine rings is 1. The van der Waals surface area contributed by atoms with Crippen LogP contribution < -0.4 is 4.74 Å². The van der Waals surface area contributed by atoms with E-state index in [2.05, 4.69) is 63.8 Å². The largest absolute Gasteiger partial charge is 0.497 e. The maximum atomic E-state index is 12.9. The maximum absolute atomic E-state index is 12.9. The first-order chi connectivity index (χ1) is 16.6. The number of rotatable bonds is 9. The number of thioether (sulfide) groups is 1. The Morgan fingerprint density at radius 2 is 1.82 bits per heavy atom. The number of nitrogens with zero attached hydrogens (tertiary/aromatic N) is 5. The van der Waals surface area contributed by atoms with Gasteiger partial charge in [-0.2, -0.15) is 0 Å². The Bertz CT molecular complexity index is 1090. The molecule has 0 bridgehead atoms. The van der Waals surface area contributed by atoms with Crippen molar-refractivity contribution in [3.63, 3.8) is 0 Å². The highest BCUT2D eigenvalue weighted by Crippen LogP contribution is 2.25. The van der Waals surface area contributed by atoms with Gasteiger partial charge in [-0.1, -0.05) is 47.7 Å². The fourth-order valence-electron chi connectivity index (χ4n) is 4.20. The van der Waals surface area contributed by atoms with E-state index >= 15 is 0 Å². The Labute approximate surface area is 206 Å². The molecule has 0 atom stereocenters. The maximum Gasteiger partial charge on any atom is 0.233 e. The van der Waals surface area contributed by atoms with Crippen LogP contribution in [0, 0.1) is 6.92 Å². The van der Waals surface area contributed by atoms with E-state index in [0.717, 1.165) is 68.0 Å². The Hall–Kier alpha value is -2.84. The monoisotopic (exact) mass is 479 g/mol. The average molecular weight is 480 g/mol. The van der Waals surface area contributed by atoms with Crippen molar-refractivity contribution in [3.05, 3.63) is 59.7 Å². The van der Waals surface area contributed by atoms with E-state index in [9.17, 15) is 4.79 Å². The van der Waals surface area contributed by atoms with Crippen LogP contribution in [0.5, 0.6) is 5.75 Å². The van der Waals surface area contributed by atoms with Crippen molar-refractivity contribution in [1.82, 2.24) is 24.6 Å². The predicted octanol–water partition coefficient (Wildman–Crippen LogP) is 3.76. The fourth-order valence-corrected chi connectivity index (χ4v) is 5.10. The molecular weight excluding hydrogens is 446 g/mol. The standard InChI is InChI=1S/C26H33N5O2S/c1-4-31-25(22-7-5-6-20(2)18-22)27-28-26(31)34-19-24(32)30-16-14-29(15-17-30)13-12-21-8-10-23(33-3)11-9-21/h5-11,18H,4,12-17,19H2,1-3H3. The summed E-state index contributed by atoms with van der Waals surface area (Å²) in [5.74, 6) is 2.30. The lowest BCUT2D eigenvalue weighted by molar-refractivity contribution is -0.130. The number of benzene rings is 2. The highest BCUT2D eigenvalue weighted by atomic mass is 32.2. The van der Waals surface area contributed by atoms with Gasteiger partial charge in [-0.15, -0.1) is 10.2 Å². The minimum absolute atomic E-state index is 0.169. The van der Waals surface area contributed by atoms with Crippen LogP contribution in [0.1, 0.15) is 18.1 Å². The third-order valence-corrected chi connectivity index (χ3v) is 7.19. The molecule has 1 amide bonds. The Morgan fingerprint density at radius 1 is 1.06 bits per heavy atom. The van der Waals surface area contributed by atoms with Gasteiger partial charge >= 0.3 is 0 Å². The van der Waals surface area contributed by atoms with Crippen molar-refractivity contribution in [2.24, 2.45) is 0 Å². The molecule has 1 fully saturated rings. The summed E-state index contributed by atoms with van der Waals surface area (Å²) >= 11 is 1.48. The van der Waals surface area contributed by atoms with Crippen molar-refractivity contribution in [1.29, 1.82) is 0 Å². The summed E-state index contributed by atoms with van der Waals surface area (Å²) in [7, 11) is 1.69. The predicted molar refractivity (Wildman–Crippen MR) is 136 cm³/mol. The van der Waals surface area contributed by atoms with Gasteiger partial charge < -0.3 is 14.2 Å². The van der Waals surface area contributed by atoms with Gasteiger partial charge in [-0.05, 0) is 44.0 Å². The highest BCUT2D eigenvalue weighted by Gasteiger charge is 2.22. The number of amides is 1. The van der Waals surface area contributed by atoms with Crippen LogP contribution in [0.3, 0.4) is 0 Å². The third kappa shape index (κ3) is 5.98. The van der Waals surface area contributed by atoms with Gasteiger partial charge in [0, 0.05) is 44.8 Å². The molecule has 1 aliphatic heterocycles. The Balaban J connectivity index is 1.25. The zero-order chi connectivity index (χ0) is 23.9. The first-order valence-corrected chi connectivity index (χ1v) is 12.8. The van der Waals surface area contributed by atoms with E-state index in [-0.39, 0.29) is 5.91 Å². The SMILES string of the molecule is CCn1c(SCC(=O)N2CCN(CCc3ccc(OC)cc3)CC2)nnc1-c1cccc(C)c1. The quantitative estimate of drug-likeness (QED) is 0.436. The van der Waals surface area contributed by atoms with E-state index in [1.54, 1.807) is 7.11 Å². The molecule has 3 aromatic rings. The van der Waals surface area contributed by atoms with Gasteiger partial charge in [-0.25, -0.2) is 0 Å². The molecule has 0 radical (unpaired) electrons. The van der Waals surface area contributed by atoms with Crippen LogP contribution in [0.2, 0.25) is 0 Å². The van der Waals surface area contributed by atoms with E-state index in [0.29, 0.717) is 5.75 Å². The van der Waals surface area contributed by atoms with E-state index in [1.165, 1.54) is 22.9 Å². The molecule has 180 valence electrons. The molecule has 1 aromatic heterocycles. The summed E-state index contributed by atoms with van der Waals surface area (Å²) in [4.78, 5) is 17.3. The van der Waals surface area contributed by atoms with Gasteiger partial charge in [0.15, 0.2) is 11.0 Å². The van der Waals surface area contributed by atoms with Crippen LogP contribution in [-0.2, 0) is 17.8 Å². The van der Waals surface area contributed by atoms with E-state index < -0.39 is 0 Å². The molecule has 8 heteroatoms. The molecular formula is C26H33N5O2S. The number of ether oxygens (including phenoxy) is 1. The number of hydrogen-bond donors (Lipinski definition) is 0. The lowest BCUT2D eigenvalue weighted by atomic mass is 10.1. The van der Waals surface area contributed by atoms with Gasteiger partial charge in [0.2, 0.25) is 5.91 Å². The van der Waals surface area contributed by atoms with Crippen LogP contribution in [-0.4, -0.2) is 76.1 Å². The summed E-state index contributed by atoms with van der Waals surface area (Å²) in [6.07, 6.45) is 1.00. The number of methoxy groups -OCH3 is 1. The smallest absolute Gasteiger partial charge is 0.233 e. The first-order valence-electron chi connectivity index (χ1n) is 11.8. The summed E-state index contributed by atoms with van der Waals surface area (Å²) in [6, 6.07) is 16.5. The second-order valence-corrected chi connectivity index (χ2v) is 9.47. The van der Waals surface area contributed by atoms with Crippen LogP contribution in [0.15, 0.2) is 53.7 Å². The third-order valence-electron chi connectivity index (χ3n) is 6.23. The molecule has 0 aliphatic carbocycles. The van der Waals surface area contributed by atoms with Crippen LogP contribution in [0.25, 0.3) is 11.4 Å². The summed E-state index contributed by atoms with van der Waals surface area (Å²) in [5, 5.41) is 9.58. The van der Waals surface area contributed by atoms with Gasteiger partial charge in [-0.3, -0.25) is 9.69 Å². The molecule has 0 saturated carbocycles. The van der Waals surface area contributed by atoms with Gasteiger partial charge in [0.05, 0.1) is 12.9 Å². The highest BCUT2D eigenvalue weighted by molar-refractivity contribution is 7.99. The summed E-state index contributed by atoms with van der Waals surface area (Å²) < 4.78 is 7.31. The van der Waals surface area contributed by atoms with E-state index in [4.69, 9.17) is 4.74 Å². The minimum Gasteiger partial charge on any atom is -0.497 e. The Kier molecular flexibility index (Phi) is 8.24. The molecule has 0 spiro atoms. The topological polar surface area (TPSA) is 63.5 Å². The number of aromatic nitrogens is 3.